The van der Waals surface area contributed by atoms with Gasteiger partial charge in [0.05, 0.1) is 0 Å². The van der Waals surface area contributed by atoms with Crippen LogP contribution < -0.4 is 5.32 Å². The molecular weight excluding hydrogens is 216 g/mol. The zero-order valence-electron chi connectivity index (χ0n) is 10.1. The van der Waals surface area contributed by atoms with E-state index in [9.17, 15) is 0 Å². The molecule has 0 aromatic heterocycles. The number of thioether (sulfide) groups is 1. The van der Waals surface area contributed by atoms with Gasteiger partial charge in [0, 0.05) is 37.6 Å². The zero-order valence-corrected chi connectivity index (χ0v) is 10.9. The Hall–Kier alpha value is -0.510. The van der Waals surface area contributed by atoms with Gasteiger partial charge in [0.1, 0.15) is 0 Å². The van der Waals surface area contributed by atoms with Crippen LogP contribution in [-0.4, -0.2) is 37.3 Å². The maximum Gasteiger partial charge on any atom is 0.0245 e. The molecule has 1 N–H and O–H groups in total. The Kier molecular flexibility index (Phi) is 4.27. The van der Waals surface area contributed by atoms with Crippen molar-refractivity contribution in [2.75, 3.05) is 32.4 Å². The highest BCUT2D eigenvalue weighted by Gasteiger charge is 2.11. The molecule has 0 amide bonds. The Bertz CT molecular complexity index is 346. The molecule has 3 heteroatoms. The molecule has 1 heterocycles. The number of piperazine rings is 1. The summed E-state index contributed by atoms with van der Waals surface area (Å²) in [4.78, 5) is 3.96. The number of benzene rings is 1. The number of hydrogen-bond donors (Lipinski definition) is 1. The van der Waals surface area contributed by atoms with Crippen molar-refractivity contribution in [3.63, 3.8) is 0 Å². The second kappa shape index (κ2) is 5.71. The molecule has 1 aliphatic heterocycles. The van der Waals surface area contributed by atoms with E-state index in [0.717, 1.165) is 19.6 Å². The summed E-state index contributed by atoms with van der Waals surface area (Å²) in [5, 5.41) is 3.39. The second-order valence-corrected chi connectivity index (χ2v) is 5.19. The lowest BCUT2D eigenvalue weighted by molar-refractivity contribution is 0.232. The van der Waals surface area contributed by atoms with Crippen LogP contribution in [0.25, 0.3) is 0 Å². The Morgan fingerprint density at radius 3 is 2.75 bits per heavy atom. The SMILES string of the molecule is CSc1cc(C)ccc1CN1CCNCC1. The molecule has 16 heavy (non-hydrogen) atoms. The minimum atomic E-state index is 1.10. The predicted octanol–water partition coefficient (Wildman–Crippen LogP) is 2.12. The minimum absolute atomic E-state index is 1.10. The van der Waals surface area contributed by atoms with Gasteiger partial charge in [0.25, 0.3) is 0 Å². The van der Waals surface area contributed by atoms with Gasteiger partial charge >= 0.3 is 0 Å². The van der Waals surface area contributed by atoms with E-state index in [-0.39, 0.29) is 0 Å². The van der Waals surface area contributed by atoms with Crippen LogP contribution in [0.4, 0.5) is 0 Å². The summed E-state index contributed by atoms with van der Waals surface area (Å²) in [6.45, 7) is 7.84. The summed E-state index contributed by atoms with van der Waals surface area (Å²) in [6.07, 6.45) is 2.16. The minimum Gasteiger partial charge on any atom is -0.314 e. The molecule has 0 atom stereocenters. The smallest absolute Gasteiger partial charge is 0.0245 e. The largest absolute Gasteiger partial charge is 0.314 e. The highest BCUT2D eigenvalue weighted by molar-refractivity contribution is 7.98. The van der Waals surface area contributed by atoms with Crippen molar-refractivity contribution in [2.24, 2.45) is 0 Å². The Morgan fingerprint density at radius 2 is 2.06 bits per heavy atom. The first-order chi connectivity index (χ1) is 7.79. The van der Waals surface area contributed by atoms with Gasteiger partial charge < -0.3 is 5.32 Å². The summed E-state index contributed by atoms with van der Waals surface area (Å²) in [7, 11) is 0. The molecule has 1 aromatic rings. The summed E-state index contributed by atoms with van der Waals surface area (Å²) >= 11 is 1.86. The monoisotopic (exact) mass is 236 g/mol. The fourth-order valence-electron chi connectivity index (χ4n) is 2.09. The Morgan fingerprint density at radius 1 is 1.31 bits per heavy atom. The molecule has 0 unspecified atom stereocenters. The number of nitrogens with zero attached hydrogens (tertiary/aromatic N) is 1. The van der Waals surface area contributed by atoms with E-state index in [0.29, 0.717) is 0 Å². The average Bonchev–Trinajstić information content (AvgIpc) is 2.33. The number of nitrogens with one attached hydrogen (secondary N) is 1. The maximum absolute atomic E-state index is 3.39. The molecule has 0 spiro atoms. The zero-order chi connectivity index (χ0) is 11.4. The normalized spacial score (nSPS) is 17.6. The van der Waals surface area contributed by atoms with Crippen LogP contribution in [0.5, 0.6) is 0 Å². The van der Waals surface area contributed by atoms with E-state index in [1.807, 2.05) is 11.8 Å². The van der Waals surface area contributed by atoms with Crippen molar-refractivity contribution in [1.29, 1.82) is 0 Å². The second-order valence-electron chi connectivity index (χ2n) is 4.34. The van der Waals surface area contributed by atoms with Crippen LogP contribution in [-0.2, 0) is 6.54 Å². The molecule has 1 fully saturated rings. The van der Waals surface area contributed by atoms with E-state index in [4.69, 9.17) is 0 Å². The standard InChI is InChI=1S/C13H20N2S/c1-11-3-4-12(13(9-11)16-2)10-15-7-5-14-6-8-15/h3-4,9,14H,5-8,10H2,1-2H3. The molecule has 2 rings (SSSR count). The molecule has 88 valence electrons. The summed E-state index contributed by atoms with van der Waals surface area (Å²) in [6, 6.07) is 6.79. The van der Waals surface area contributed by atoms with Crippen molar-refractivity contribution in [2.45, 2.75) is 18.4 Å². The summed E-state index contributed by atoms with van der Waals surface area (Å²) in [5.41, 5.74) is 2.83. The van der Waals surface area contributed by atoms with Crippen LogP contribution in [0, 0.1) is 6.92 Å². The third kappa shape index (κ3) is 3.00. The van der Waals surface area contributed by atoms with Gasteiger partial charge in [-0.2, -0.15) is 0 Å². The lowest BCUT2D eigenvalue weighted by Crippen LogP contribution is -2.42. The van der Waals surface area contributed by atoms with E-state index in [2.05, 4.69) is 41.6 Å². The van der Waals surface area contributed by atoms with Crippen molar-refractivity contribution in [1.82, 2.24) is 10.2 Å². The molecular formula is C13H20N2S. The van der Waals surface area contributed by atoms with E-state index < -0.39 is 0 Å². The molecule has 1 aromatic carbocycles. The average molecular weight is 236 g/mol. The highest BCUT2D eigenvalue weighted by Crippen LogP contribution is 2.23. The molecule has 0 saturated carbocycles. The lowest BCUT2D eigenvalue weighted by atomic mass is 10.1. The van der Waals surface area contributed by atoms with Gasteiger partial charge in [0.2, 0.25) is 0 Å². The number of aryl methyl sites for hydroxylation is 1. The van der Waals surface area contributed by atoms with Gasteiger partial charge in [-0.3, -0.25) is 4.90 Å². The Balaban J connectivity index is 2.07. The van der Waals surface area contributed by atoms with Crippen LogP contribution in [0.1, 0.15) is 11.1 Å². The van der Waals surface area contributed by atoms with Crippen LogP contribution in [0.2, 0.25) is 0 Å². The predicted molar refractivity (Wildman–Crippen MR) is 71.1 cm³/mol. The maximum atomic E-state index is 3.39. The first-order valence-electron chi connectivity index (χ1n) is 5.86. The topological polar surface area (TPSA) is 15.3 Å². The first kappa shape index (κ1) is 12.0. The molecule has 0 aliphatic carbocycles. The van der Waals surface area contributed by atoms with Crippen molar-refractivity contribution in [3.8, 4) is 0 Å². The molecule has 0 bridgehead atoms. The fourth-order valence-corrected chi connectivity index (χ4v) is 2.79. The van der Waals surface area contributed by atoms with Gasteiger partial charge in [-0.05, 0) is 30.4 Å². The van der Waals surface area contributed by atoms with E-state index >= 15 is 0 Å². The van der Waals surface area contributed by atoms with Crippen molar-refractivity contribution < 1.29 is 0 Å². The van der Waals surface area contributed by atoms with Crippen molar-refractivity contribution >= 4 is 11.8 Å². The number of hydrogen-bond acceptors (Lipinski definition) is 3. The molecule has 1 saturated heterocycles. The third-order valence-electron chi connectivity index (χ3n) is 3.05. The molecule has 1 aliphatic rings. The fraction of sp³-hybridized carbons (Fsp3) is 0.538. The van der Waals surface area contributed by atoms with Crippen LogP contribution in [0.3, 0.4) is 0 Å². The number of rotatable bonds is 3. The van der Waals surface area contributed by atoms with Gasteiger partial charge in [-0.15, -0.1) is 11.8 Å². The summed E-state index contributed by atoms with van der Waals surface area (Å²) < 4.78 is 0. The first-order valence-corrected chi connectivity index (χ1v) is 7.08. The van der Waals surface area contributed by atoms with Crippen molar-refractivity contribution in [3.05, 3.63) is 29.3 Å². The quantitative estimate of drug-likeness (QED) is 0.809. The van der Waals surface area contributed by atoms with E-state index in [1.54, 1.807) is 0 Å². The third-order valence-corrected chi connectivity index (χ3v) is 3.87. The Labute approximate surface area is 102 Å². The van der Waals surface area contributed by atoms with E-state index in [1.165, 1.54) is 29.1 Å². The van der Waals surface area contributed by atoms with Crippen LogP contribution in [0.15, 0.2) is 23.1 Å². The summed E-state index contributed by atoms with van der Waals surface area (Å²) in [5.74, 6) is 0. The van der Waals surface area contributed by atoms with Gasteiger partial charge in [0.15, 0.2) is 0 Å². The molecule has 0 radical (unpaired) electrons. The van der Waals surface area contributed by atoms with Gasteiger partial charge in [-0.1, -0.05) is 12.1 Å². The van der Waals surface area contributed by atoms with Gasteiger partial charge in [-0.25, -0.2) is 0 Å². The molecule has 2 nitrogen and oxygen atoms in total. The lowest BCUT2D eigenvalue weighted by Gasteiger charge is -2.27. The van der Waals surface area contributed by atoms with Crippen LogP contribution >= 0.6 is 11.8 Å². The highest BCUT2D eigenvalue weighted by atomic mass is 32.2.